The number of fused-ring (bicyclic) bond motifs is 4. The Bertz CT molecular complexity index is 1550. The molecule has 1 aromatic heterocycles. The first-order valence-corrected chi connectivity index (χ1v) is 10.4. The fraction of sp³-hybridized carbons (Fsp3) is 0. The van der Waals surface area contributed by atoms with Crippen LogP contribution in [0.15, 0.2) is 103 Å². The molecule has 0 bridgehead atoms. The maximum absolute atomic E-state index is 6.58. The van der Waals surface area contributed by atoms with E-state index in [0.29, 0.717) is 0 Å². The van der Waals surface area contributed by atoms with Crippen molar-refractivity contribution in [1.29, 1.82) is 0 Å². The number of halogens is 1. The molecule has 1 nitrogen and oxygen atoms in total. The highest BCUT2D eigenvalue weighted by atomic mass is 35.5. The minimum Gasteiger partial charge on any atom is -0.355 e. The van der Waals surface area contributed by atoms with Crippen LogP contribution in [0.25, 0.3) is 54.8 Å². The molecule has 0 saturated carbocycles. The molecule has 1 N–H and O–H groups in total. The van der Waals surface area contributed by atoms with Crippen LogP contribution in [0.5, 0.6) is 0 Å². The lowest BCUT2D eigenvalue weighted by atomic mass is 9.91. The molecule has 6 aromatic rings. The highest BCUT2D eigenvalue weighted by Crippen LogP contribution is 2.40. The topological polar surface area (TPSA) is 15.8 Å². The number of rotatable bonds is 2. The average molecular weight is 404 g/mol. The fourth-order valence-electron chi connectivity index (χ4n) is 4.50. The Hall–Kier alpha value is -3.55. The van der Waals surface area contributed by atoms with Gasteiger partial charge in [-0.1, -0.05) is 90.5 Å². The first-order valence-electron chi connectivity index (χ1n) is 10.1. The Morgan fingerprint density at radius 3 is 2.10 bits per heavy atom. The zero-order chi connectivity index (χ0) is 20.1. The van der Waals surface area contributed by atoms with Crippen molar-refractivity contribution in [3.8, 4) is 22.3 Å². The molecule has 30 heavy (non-hydrogen) atoms. The molecule has 142 valence electrons. The quantitative estimate of drug-likeness (QED) is 0.298. The van der Waals surface area contributed by atoms with E-state index < -0.39 is 0 Å². The standard InChI is InChI=1S/C28H18ClN/c29-25-13-3-1-9-21(25)23-12-6-8-18-7-5-11-20(28(18)23)19-15-16-27-24(17-19)22-10-2-4-14-26(22)30-27/h1-17,30H. The van der Waals surface area contributed by atoms with Crippen LogP contribution in [0.1, 0.15) is 0 Å². The molecule has 0 spiro atoms. The van der Waals surface area contributed by atoms with Gasteiger partial charge in [0.25, 0.3) is 0 Å². The number of H-pyrrole nitrogens is 1. The van der Waals surface area contributed by atoms with Gasteiger partial charge in [0.2, 0.25) is 0 Å². The van der Waals surface area contributed by atoms with E-state index in [1.807, 2.05) is 18.2 Å². The van der Waals surface area contributed by atoms with Crippen LogP contribution in [-0.4, -0.2) is 4.98 Å². The Morgan fingerprint density at radius 2 is 1.23 bits per heavy atom. The van der Waals surface area contributed by atoms with Crippen LogP contribution in [0.3, 0.4) is 0 Å². The number of hydrogen-bond donors (Lipinski definition) is 1. The van der Waals surface area contributed by atoms with Crippen LogP contribution in [0.2, 0.25) is 5.02 Å². The molecular formula is C28H18ClN. The molecule has 0 fully saturated rings. The highest BCUT2D eigenvalue weighted by molar-refractivity contribution is 6.34. The van der Waals surface area contributed by atoms with Crippen LogP contribution in [0.4, 0.5) is 0 Å². The van der Waals surface area contributed by atoms with Gasteiger partial charge in [0.05, 0.1) is 0 Å². The third kappa shape index (κ3) is 2.63. The predicted octanol–water partition coefficient (Wildman–Crippen LogP) is 8.46. The second-order valence-corrected chi connectivity index (χ2v) is 8.03. The van der Waals surface area contributed by atoms with E-state index in [1.165, 1.54) is 38.2 Å². The lowest BCUT2D eigenvalue weighted by Crippen LogP contribution is -1.87. The van der Waals surface area contributed by atoms with Crippen molar-refractivity contribution < 1.29 is 0 Å². The average Bonchev–Trinajstić information content (AvgIpc) is 3.17. The Balaban J connectivity index is 1.67. The van der Waals surface area contributed by atoms with Gasteiger partial charge in [-0.05, 0) is 51.7 Å². The summed E-state index contributed by atoms with van der Waals surface area (Å²) in [4.78, 5) is 3.52. The number of aromatic nitrogens is 1. The molecule has 0 unspecified atom stereocenters. The number of nitrogens with one attached hydrogen (secondary N) is 1. The molecular weight excluding hydrogens is 386 g/mol. The molecule has 2 heteroatoms. The van der Waals surface area contributed by atoms with Crippen LogP contribution in [0, 0.1) is 0 Å². The SMILES string of the molecule is Clc1ccccc1-c1cccc2cccc(-c3ccc4[nH]c5ccccc5c4c3)c12. The summed E-state index contributed by atoms with van der Waals surface area (Å²) in [5.41, 5.74) is 6.97. The van der Waals surface area contributed by atoms with E-state index in [4.69, 9.17) is 11.6 Å². The van der Waals surface area contributed by atoms with Crippen LogP contribution < -0.4 is 0 Å². The Morgan fingerprint density at radius 1 is 0.533 bits per heavy atom. The molecule has 5 aromatic carbocycles. The monoisotopic (exact) mass is 403 g/mol. The molecule has 0 radical (unpaired) electrons. The second-order valence-electron chi connectivity index (χ2n) is 7.62. The Kier molecular flexibility index (Phi) is 3.90. The molecule has 6 rings (SSSR count). The van der Waals surface area contributed by atoms with Gasteiger partial charge in [0, 0.05) is 32.4 Å². The van der Waals surface area contributed by atoms with Gasteiger partial charge in [-0.2, -0.15) is 0 Å². The van der Waals surface area contributed by atoms with E-state index >= 15 is 0 Å². The van der Waals surface area contributed by atoms with E-state index in [1.54, 1.807) is 0 Å². The zero-order valence-corrected chi connectivity index (χ0v) is 16.9. The van der Waals surface area contributed by atoms with Gasteiger partial charge in [0.15, 0.2) is 0 Å². The Labute approximate surface area is 179 Å². The molecule has 0 saturated heterocycles. The molecule has 0 aliphatic carbocycles. The predicted molar refractivity (Wildman–Crippen MR) is 129 cm³/mol. The van der Waals surface area contributed by atoms with E-state index in [9.17, 15) is 0 Å². The van der Waals surface area contributed by atoms with E-state index in [-0.39, 0.29) is 0 Å². The largest absolute Gasteiger partial charge is 0.355 e. The molecule has 0 aliphatic heterocycles. The lowest BCUT2D eigenvalue weighted by Gasteiger charge is -2.14. The number of aromatic amines is 1. The van der Waals surface area contributed by atoms with Crippen molar-refractivity contribution in [2.24, 2.45) is 0 Å². The van der Waals surface area contributed by atoms with Gasteiger partial charge in [-0.3, -0.25) is 0 Å². The normalized spacial score (nSPS) is 11.5. The summed E-state index contributed by atoms with van der Waals surface area (Å²) in [5.74, 6) is 0. The van der Waals surface area contributed by atoms with Gasteiger partial charge in [-0.25, -0.2) is 0 Å². The van der Waals surface area contributed by atoms with Crippen LogP contribution in [-0.2, 0) is 0 Å². The second kappa shape index (κ2) is 6.76. The minimum atomic E-state index is 0.770. The summed E-state index contributed by atoms with van der Waals surface area (Å²) in [6.45, 7) is 0. The summed E-state index contributed by atoms with van der Waals surface area (Å²) in [7, 11) is 0. The summed E-state index contributed by atoms with van der Waals surface area (Å²) in [6.07, 6.45) is 0. The van der Waals surface area contributed by atoms with Crippen molar-refractivity contribution in [3.05, 3.63) is 108 Å². The number of benzene rings is 5. The number of para-hydroxylation sites is 1. The minimum absolute atomic E-state index is 0.770. The summed E-state index contributed by atoms with van der Waals surface area (Å²) in [6, 6.07) is 36.2. The van der Waals surface area contributed by atoms with Crippen molar-refractivity contribution in [1.82, 2.24) is 4.98 Å². The molecule has 0 atom stereocenters. The third-order valence-electron chi connectivity index (χ3n) is 5.89. The van der Waals surface area contributed by atoms with Crippen molar-refractivity contribution in [3.63, 3.8) is 0 Å². The maximum atomic E-state index is 6.58. The smallest absolute Gasteiger partial charge is 0.0484 e. The fourth-order valence-corrected chi connectivity index (χ4v) is 4.74. The maximum Gasteiger partial charge on any atom is 0.0484 e. The highest BCUT2D eigenvalue weighted by Gasteiger charge is 2.13. The van der Waals surface area contributed by atoms with Gasteiger partial charge < -0.3 is 4.98 Å². The van der Waals surface area contributed by atoms with E-state index in [0.717, 1.165) is 21.7 Å². The summed E-state index contributed by atoms with van der Waals surface area (Å²) in [5, 5.41) is 5.71. The molecule has 1 heterocycles. The third-order valence-corrected chi connectivity index (χ3v) is 6.22. The van der Waals surface area contributed by atoms with Gasteiger partial charge in [-0.15, -0.1) is 0 Å². The van der Waals surface area contributed by atoms with Gasteiger partial charge in [0.1, 0.15) is 0 Å². The number of hydrogen-bond acceptors (Lipinski definition) is 0. The molecule has 0 amide bonds. The van der Waals surface area contributed by atoms with Crippen molar-refractivity contribution >= 4 is 44.2 Å². The van der Waals surface area contributed by atoms with E-state index in [2.05, 4.69) is 89.9 Å². The van der Waals surface area contributed by atoms with Gasteiger partial charge >= 0.3 is 0 Å². The zero-order valence-electron chi connectivity index (χ0n) is 16.2. The summed E-state index contributed by atoms with van der Waals surface area (Å²) < 4.78 is 0. The van der Waals surface area contributed by atoms with Crippen molar-refractivity contribution in [2.45, 2.75) is 0 Å². The summed E-state index contributed by atoms with van der Waals surface area (Å²) >= 11 is 6.58. The van der Waals surface area contributed by atoms with Crippen molar-refractivity contribution in [2.75, 3.05) is 0 Å². The first kappa shape index (κ1) is 17.3. The van der Waals surface area contributed by atoms with Crippen LogP contribution >= 0.6 is 11.6 Å². The molecule has 0 aliphatic rings. The lowest BCUT2D eigenvalue weighted by molar-refractivity contribution is 1.54. The first-order chi connectivity index (χ1) is 14.8.